The molecule has 0 atom stereocenters. The van der Waals surface area contributed by atoms with Gasteiger partial charge >= 0.3 is 0 Å². The number of aromatic nitrogens is 3. The summed E-state index contributed by atoms with van der Waals surface area (Å²) in [6.45, 7) is 4.07. The van der Waals surface area contributed by atoms with Crippen molar-refractivity contribution in [1.29, 1.82) is 0 Å². The fourth-order valence-corrected chi connectivity index (χ4v) is 3.42. The average molecular weight is 456 g/mol. The van der Waals surface area contributed by atoms with Crippen molar-refractivity contribution < 1.29 is 23.5 Å². The van der Waals surface area contributed by atoms with Crippen LogP contribution in [0.1, 0.15) is 16.2 Å². The first-order chi connectivity index (χ1) is 15.5. The monoisotopic (exact) mass is 456 g/mol. The Morgan fingerprint density at radius 3 is 2.62 bits per heavy atom. The Morgan fingerprint density at radius 1 is 1.19 bits per heavy atom. The molecule has 0 saturated carbocycles. The van der Waals surface area contributed by atoms with E-state index < -0.39 is 17.6 Å². The maximum Gasteiger partial charge on any atom is 0.257 e. The number of carbonyl (C=O) groups excluding carboxylic acids is 2. The third-order valence-corrected chi connectivity index (χ3v) is 5.20. The Hall–Kier alpha value is -3.66. The highest BCUT2D eigenvalue weighted by molar-refractivity contribution is 7.99. The first-order valence-electron chi connectivity index (χ1n) is 9.53. The van der Waals surface area contributed by atoms with Crippen LogP contribution in [0.5, 0.6) is 11.5 Å². The number of amides is 2. The van der Waals surface area contributed by atoms with E-state index in [0.29, 0.717) is 28.8 Å². The van der Waals surface area contributed by atoms with Gasteiger partial charge in [-0.1, -0.05) is 30.0 Å². The van der Waals surface area contributed by atoms with E-state index in [4.69, 9.17) is 9.47 Å². The van der Waals surface area contributed by atoms with Crippen LogP contribution in [0.4, 0.5) is 4.39 Å². The maximum absolute atomic E-state index is 13.8. The molecule has 0 aliphatic rings. The second-order valence-corrected chi connectivity index (χ2v) is 7.35. The molecule has 2 amide bonds. The van der Waals surface area contributed by atoms with Crippen molar-refractivity contribution >= 4 is 23.6 Å². The van der Waals surface area contributed by atoms with Crippen molar-refractivity contribution in [3.8, 4) is 11.5 Å². The summed E-state index contributed by atoms with van der Waals surface area (Å²) < 4.78 is 26.0. The summed E-state index contributed by atoms with van der Waals surface area (Å²) in [5, 5.41) is 10.9. The SMILES string of the molecule is C=CCn1c(COc2ccccc2F)nnc1SCC(=O)NC(=O)c1ccc(OC)cc1. The van der Waals surface area contributed by atoms with Gasteiger partial charge in [0.25, 0.3) is 5.91 Å². The lowest BCUT2D eigenvalue weighted by atomic mass is 10.2. The van der Waals surface area contributed by atoms with Gasteiger partial charge in [0.2, 0.25) is 5.91 Å². The molecule has 1 N–H and O–H groups in total. The number of ether oxygens (including phenoxy) is 2. The minimum Gasteiger partial charge on any atom is -0.497 e. The minimum absolute atomic E-state index is 0.00944. The summed E-state index contributed by atoms with van der Waals surface area (Å²) in [6.07, 6.45) is 1.65. The second kappa shape index (κ2) is 11.1. The van der Waals surface area contributed by atoms with Gasteiger partial charge in [-0.2, -0.15) is 0 Å². The van der Waals surface area contributed by atoms with Crippen molar-refractivity contribution in [3.05, 3.63) is 78.4 Å². The largest absolute Gasteiger partial charge is 0.497 e. The number of nitrogens with zero attached hydrogens (tertiary/aromatic N) is 3. The van der Waals surface area contributed by atoms with Gasteiger partial charge in [0.1, 0.15) is 12.4 Å². The quantitative estimate of drug-likeness (QED) is 0.370. The van der Waals surface area contributed by atoms with Crippen molar-refractivity contribution in [2.75, 3.05) is 12.9 Å². The van der Waals surface area contributed by atoms with Crippen molar-refractivity contribution in [2.45, 2.75) is 18.3 Å². The number of benzene rings is 2. The normalized spacial score (nSPS) is 10.4. The molecule has 0 spiro atoms. The van der Waals surface area contributed by atoms with Crippen molar-refractivity contribution in [3.63, 3.8) is 0 Å². The van der Waals surface area contributed by atoms with Crippen LogP contribution in [-0.2, 0) is 17.9 Å². The fraction of sp³-hybridized carbons (Fsp3) is 0.182. The molecule has 1 heterocycles. The van der Waals surface area contributed by atoms with Crippen LogP contribution in [-0.4, -0.2) is 39.4 Å². The molecular weight excluding hydrogens is 435 g/mol. The Kier molecular flexibility index (Phi) is 7.98. The zero-order valence-corrected chi connectivity index (χ0v) is 18.1. The zero-order chi connectivity index (χ0) is 22.9. The van der Waals surface area contributed by atoms with Gasteiger partial charge in [-0.3, -0.25) is 19.5 Å². The first-order valence-corrected chi connectivity index (χ1v) is 10.5. The number of hydrogen-bond acceptors (Lipinski definition) is 7. The first kappa shape index (κ1) is 23.0. The predicted octanol–water partition coefficient (Wildman–Crippen LogP) is 3.24. The molecule has 1 aromatic heterocycles. The summed E-state index contributed by atoms with van der Waals surface area (Å²) >= 11 is 1.11. The molecule has 0 bridgehead atoms. The number of methoxy groups -OCH3 is 1. The summed E-state index contributed by atoms with van der Waals surface area (Å²) in [5.41, 5.74) is 0.339. The molecule has 0 unspecified atom stereocenters. The smallest absolute Gasteiger partial charge is 0.257 e. The highest BCUT2D eigenvalue weighted by Crippen LogP contribution is 2.20. The fourth-order valence-electron chi connectivity index (χ4n) is 2.66. The number of nitrogens with one attached hydrogen (secondary N) is 1. The molecule has 2 aromatic carbocycles. The van der Waals surface area contributed by atoms with Gasteiger partial charge in [0.05, 0.1) is 12.9 Å². The number of thioether (sulfide) groups is 1. The minimum atomic E-state index is -0.509. The second-order valence-electron chi connectivity index (χ2n) is 6.41. The number of allylic oxidation sites excluding steroid dienone is 1. The van der Waals surface area contributed by atoms with Crippen LogP contribution in [0.25, 0.3) is 0 Å². The highest BCUT2D eigenvalue weighted by Gasteiger charge is 2.16. The van der Waals surface area contributed by atoms with Gasteiger partial charge in [0.15, 0.2) is 22.5 Å². The van der Waals surface area contributed by atoms with Crippen molar-refractivity contribution in [2.24, 2.45) is 0 Å². The lowest BCUT2D eigenvalue weighted by Gasteiger charge is -2.09. The Balaban J connectivity index is 1.58. The van der Waals surface area contributed by atoms with Crippen LogP contribution < -0.4 is 14.8 Å². The third kappa shape index (κ3) is 5.94. The van der Waals surface area contributed by atoms with E-state index in [1.54, 1.807) is 47.0 Å². The molecule has 0 aliphatic carbocycles. The zero-order valence-electron chi connectivity index (χ0n) is 17.3. The molecule has 3 rings (SSSR count). The number of imide groups is 1. The van der Waals surface area contributed by atoms with E-state index in [-0.39, 0.29) is 18.1 Å². The molecule has 166 valence electrons. The van der Waals surface area contributed by atoms with Crippen LogP contribution in [0, 0.1) is 5.82 Å². The molecule has 10 heteroatoms. The molecule has 32 heavy (non-hydrogen) atoms. The maximum atomic E-state index is 13.8. The van der Waals surface area contributed by atoms with Gasteiger partial charge in [-0.25, -0.2) is 4.39 Å². The Morgan fingerprint density at radius 2 is 1.94 bits per heavy atom. The van der Waals surface area contributed by atoms with E-state index in [1.807, 2.05) is 0 Å². The third-order valence-electron chi connectivity index (χ3n) is 4.24. The molecule has 0 saturated heterocycles. The van der Waals surface area contributed by atoms with E-state index in [9.17, 15) is 14.0 Å². The van der Waals surface area contributed by atoms with Gasteiger partial charge in [-0.15, -0.1) is 16.8 Å². The predicted molar refractivity (Wildman–Crippen MR) is 117 cm³/mol. The van der Waals surface area contributed by atoms with Gasteiger partial charge < -0.3 is 9.47 Å². The Bertz CT molecular complexity index is 1100. The Labute approximate surface area is 188 Å². The average Bonchev–Trinajstić information content (AvgIpc) is 3.19. The van der Waals surface area contributed by atoms with E-state index >= 15 is 0 Å². The van der Waals surface area contributed by atoms with Crippen LogP contribution >= 0.6 is 11.8 Å². The number of hydrogen-bond donors (Lipinski definition) is 1. The number of halogens is 1. The summed E-state index contributed by atoms with van der Waals surface area (Å²) in [4.78, 5) is 24.4. The lowest BCUT2D eigenvalue weighted by molar-refractivity contribution is -0.117. The number of para-hydroxylation sites is 1. The summed E-state index contributed by atoms with van der Waals surface area (Å²) in [6, 6.07) is 12.5. The lowest BCUT2D eigenvalue weighted by Crippen LogP contribution is -2.31. The number of carbonyl (C=O) groups is 2. The molecule has 0 fully saturated rings. The van der Waals surface area contributed by atoms with Crippen LogP contribution in [0.15, 0.2) is 66.3 Å². The van der Waals surface area contributed by atoms with E-state index in [0.717, 1.165) is 11.8 Å². The molecule has 8 nitrogen and oxygen atoms in total. The van der Waals surface area contributed by atoms with E-state index in [1.165, 1.54) is 19.2 Å². The highest BCUT2D eigenvalue weighted by atomic mass is 32.2. The molecular formula is C22H21FN4O4S. The van der Waals surface area contributed by atoms with Crippen molar-refractivity contribution in [1.82, 2.24) is 20.1 Å². The van der Waals surface area contributed by atoms with E-state index in [2.05, 4.69) is 22.1 Å². The van der Waals surface area contributed by atoms with Crippen LogP contribution in [0.3, 0.4) is 0 Å². The van der Waals surface area contributed by atoms with Gasteiger partial charge in [0, 0.05) is 12.1 Å². The topological polar surface area (TPSA) is 95.3 Å². The standard InChI is InChI=1S/C22H21FN4O4S/c1-3-12-27-19(13-31-18-7-5-4-6-17(18)23)25-26-22(27)32-14-20(28)24-21(29)15-8-10-16(30-2)11-9-15/h3-11H,1,12-14H2,2H3,(H,24,28,29). The van der Waals surface area contributed by atoms with Crippen LogP contribution in [0.2, 0.25) is 0 Å². The summed E-state index contributed by atoms with van der Waals surface area (Å²) in [7, 11) is 1.53. The molecule has 0 radical (unpaired) electrons. The molecule has 3 aromatic rings. The summed E-state index contributed by atoms with van der Waals surface area (Å²) in [5.74, 6) is -0.352. The van der Waals surface area contributed by atoms with Gasteiger partial charge in [-0.05, 0) is 36.4 Å². The number of rotatable bonds is 10. The molecule has 0 aliphatic heterocycles.